The summed E-state index contributed by atoms with van der Waals surface area (Å²) in [7, 11) is -4.41. The van der Waals surface area contributed by atoms with E-state index in [9.17, 15) is 18.0 Å². The van der Waals surface area contributed by atoms with Gasteiger partial charge in [0.2, 0.25) is 0 Å². The van der Waals surface area contributed by atoms with Crippen molar-refractivity contribution in [2.75, 3.05) is 6.54 Å². The van der Waals surface area contributed by atoms with Gasteiger partial charge in [0.1, 0.15) is 12.2 Å². The number of carbonyl (C=O) groups excluding carboxylic acids is 2. The summed E-state index contributed by atoms with van der Waals surface area (Å²) in [6, 6.07) is 26.1. The average molecular weight is 549 g/mol. The predicted molar refractivity (Wildman–Crippen MR) is 146 cm³/mol. The quantitative estimate of drug-likeness (QED) is 0.431. The second-order valence-corrected chi connectivity index (χ2v) is 12.7. The van der Waals surface area contributed by atoms with Gasteiger partial charge in [-0.3, -0.25) is 0 Å². The third-order valence-electron chi connectivity index (χ3n) is 7.20. The van der Waals surface area contributed by atoms with E-state index in [1.807, 2.05) is 66.7 Å². The van der Waals surface area contributed by atoms with Crippen molar-refractivity contribution in [3.05, 3.63) is 108 Å². The predicted octanol–water partition coefficient (Wildman–Crippen LogP) is 4.65. The second kappa shape index (κ2) is 10.1. The monoisotopic (exact) mass is 548 g/mol. The van der Waals surface area contributed by atoms with E-state index >= 15 is 0 Å². The highest BCUT2D eigenvalue weighted by molar-refractivity contribution is 7.87. The minimum absolute atomic E-state index is 0.0653. The van der Waals surface area contributed by atoms with Gasteiger partial charge in [0.05, 0.1) is 6.04 Å². The van der Waals surface area contributed by atoms with Crippen LogP contribution in [0.25, 0.3) is 0 Å². The van der Waals surface area contributed by atoms with Crippen molar-refractivity contribution in [2.45, 2.75) is 56.9 Å². The number of ether oxygens (including phenoxy) is 2. The lowest BCUT2D eigenvalue weighted by molar-refractivity contribution is -0.159. The average Bonchev–Trinajstić information content (AvgIpc) is 3.42. The number of amides is 1. The number of nitrogens with zero attached hydrogens (tertiary/aromatic N) is 2. The standard InChI is InChI=1S/C30H32N2O6S/c1-29(2,3)38-27(33)26-25-19-30(23-15-9-5-10-16-23,24-17-11-6-12-18-24)21-31(25)39(35,36)32(26)28(34)37-20-22-13-7-4-8-14-22/h4-18,25-26H,19-21H2,1-3H3/t25-,26+/m0/s1. The van der Waals surface area contributed by atoms with Gasteiger partial charge in [-0.05, 0) is 43.9 Å². The zero-order valence-corrected chi connectivity index (χ0v) is 23.0. The summed E-state index contributed by atoms with van der Waals surface area (Å²) in [5.74, 6) is -0.785. The lowest BCUT2D eigenvalue weighted by Crippen LogP contribution is -2.50. The van der Waals surface area contributed by atoms with Crippen LogP contribution in [0.3, 0.4) is 0 Å². The van der Waals surface area contributed by atoms with Crippen molar-refractivity contribution in [1.82, 2.24) is 8.61 Å². The number of fused-ring (bicyclic) bond motifs is 1. The molecule has 0 radical (unpaired) electrons. The minimum Gasteiger partial charge on any atom is -0.458 e. The Hall–Kier alpha value is -3.69. The summed E-state index contributed by atoms with van der Waals surface area (Å²) in [5.41, 5.74) is 0.955. The summed E-state index contributed by atoms with van der Waals surface area (Å²) in [4.78, 5) is 26.9. The molecule has 204 valence electrons. The fourth-order valence-corrected chi connectivity index (χ4v) is 7.44. The van der Waals surface area contributed by atoms with Crippen LogP contribution in [0, 0.1) is 0 Å². The Kier molecular flexibility index (Phi) is 6.99. The van der Waals surface area contributed by atoms with Gasteiger partial charge in [-0.25, -0.2) is 9.59 Å². The van der Waals surface area contributed by atoms with Crippen LogP contribution >= 0.6 is 0 Å². The Morgan fingerprint density at radius 2 is 1.38 bits per heavy atom. The molecule has 0 saturated carbocycles. The van der Waals surface area contributed by atoms with Crippen molar-refractivity contribution < 1.29 is 27.5 Å². The lowest BCUT2D eigenvalue weighted by Gasteiger charge is -2.33. The van der Waals surface area contributed by atoms with Crippen molar-refractivity contribution >= 4 is 22.3 Å². The smallest absolute Gasteiger partial charge is 0.425 e. The molecule has 0 spiro atoms. The van der Waals surface area contributed by atoms with Gasteiger partial charge in [-0.1, -0.05) is 91.0 Å². The maximum absolute atomic E-state index is 14.0. The Bertz CT molecular complexity index is 1400. The molecule has 2 fully saturated rings. The van der Waals surface area contributed by atoms with Crippen LogP contribution in [0.15, 0.2) is 91.0 Å². The summed E-state index contributed by atoms with van der Waals surface area (Å²) in [5, 5.41) is 0. The Labute approximate surface area is 229 Å². The molecule has 2 aliphatic heterocycles. The van der Waals surface area contributed by atoms with Gasteiger partial charge in [0.25, 0.3) is 0 Å². The van der Waals surface area contributed by atoms with Gasteiger partial charge in [0.15, 0.2) is 6.04 Å². The molecule has 2 aliphatic rings. The molecule has 0 N–H and O–H groups in total. The Morgan fingerprint density at radius 1 is 0.872 bits per heavy atom. The topological polar surface area (TPSA) is 93.2 Å². The van der Waals surface area contributed by atoms with Crippen molar-refractivity contribution in [2.24, 2.45) is 0 Å². The first-order valence-electron chi connectivity index (χ1n) is 12.9. The van der Waals surface area contributed by atoms with Crippen molar-refractivity contribution in [3.63, 3.8) is 0 Å². The number of carbonyl (C=O) groups is 2. The third-order valence-corrected chi connectivity index (χ3v) is 9.07. The van der Waals surface area contributed by atoms with E-state index < -0.39 is 45.4 Å². The largest absolute Gasteiger partial charge is 0.458 e. The molecule has 2 atom stereocenters. The van der Waals surface area contributed by atoms with E-state index in [-0.39, 0.29) is 19.6 Å². The molecular weight excluding hydrogens is 516 g/mol. The van der Waals surface area contributed by atoms with Crippen LogP contribution in [-0.4, -0.2) is 53.3 Å². The van der Waals surface area contributed by atoms with Crippen LogP contribution < -0.4 is 0 Å². The molecule has 0 bridgehead atoms. The highest BCUT2D eigenvalue weighted by atomic mass is 32.2. The summed E-state index contributed by atoms with van der Waals surface area (Å²) >= 11 is 0. The van der Waals surface area contributed by atoms with Crippen LogP contribution in [0.5, 0.6) is 0 Å². The number of hydrogen-bond acceptors (Lipinski definition) is 6. The molecule has 2 heterocycles. The Balaban J connectivity index is 1.55. The van der Waals surface area contributed by atoms with Gasteiger partial charge < -0.3 is 9.47 Å². The van der Waals surface area contributed by atoms with Crippen LogP contribution in [0.2, 0.25) is 0 Å². The highest BCUT2D eigenvalue weighted by Crippen LogP contribution is 2.50. The molecule has 8 nitrogen and oxygen atoms in total. The lowest BCUT2D eigenvalue weighted by atomic mass is 9.72. The van der Waals surface area contributed by atoms with Crippen LogP contribution in [0.1, 0.15) is 43.9 Å². The molecule has 0 unspecified atom stereocenters. The Morgan fingerprint density at radius 3 is 1.90 bits per heavy atom. The third kappa shape index (κ3) is 5.04. The summed E-state index contributed by atoms with van der Waals surface area (Å²) < 4.78 is 40.9. The summed E-state index contributed by atoms with van der Waals surface area (Å²) in [6.07, 6.45) is -0.818. The molecule has 0 aromatic heterocycles. The van der Waals surface area contributed by atoms with Crippen molar-refractivity contribution in [3.8, 4) is 0 Å². The van der Waals surface area contributed by atoms with Crippen LogP contribution in [0.4, 0.5) is 4.79 Å². The van der Waals surface area contributed by atoms with Gasteiger partial charge in [0, 0.05) is 12.0 Å². The fourth-order valence-electron chi connectivity index (χ4n) is 5.55. The number of esters is 1. The molecule has 0 aliphatic carbocycles. The van der Waals surface area contributed by atoms with E-state index in [1.54, 1.807) is 45.0 Å². The number of hydrogen-bond donors (Lipinski definition) is 0. The highest BCUT2D eigenvalue weighted by Gasteiger charge is 2.65. The normalized spacial score (nSPS) is 21.8. The van der Waals surface area contributed by atoms with Gasteiger partial charge in [-0.2, -0.15) is 17.0 Å². The zero-order chi connectivity index (χ0) is 27.8. The van der Waals surface area contributed by atoms with Crippen LogP contribution in [-0.2, 0) is 36.5 Å². The van der Waals surface area contributed by atoms with Crippen molar-refractivity contribution in [1.29, 1.82) is 0 Å². The molecule has 3 aromatic rings. The molecule has 39 heavy (non-hydrogen) atoms. The first kappa shape index (κ1) is 26.9. The number of rotatable bonds is 5. The second-order valence-electron chi connectivity index (χ2n) is 11.0. The van der Waals surface area contributed by atoms with E-state index in [1.165, 1.54) is 4.31 Å². The van der Waals surface area contributed by atoms with Gasteiger partial charge in [-0.15, -0.1) is 0 Å². The zero-order valence-electron chi connectivity index (χ0n) is 22.2. The SMILES string of the molecule is CC(C)(C)OC(=O)[C@H]1[C@@H]2CC(c3ccccc3)(c3ccccc3)CN2S(=O)(=O)N1C(=O)OCc1ccccc1. The first-order valence-corrected chi connectivity index (χ1v) is 14.3. The molecule has 3 aromatic carbocycles. The van der Waals surface area contributed by atoms with E-state index in [0.29, 0.717) is 9.87 Å². The minimum atomic E-state index is -4.41. The molecular formula is C30H32N2O6S. The van der Waals surface area contributed by atoms with E-state index in [0.717, 1.165) is 11.1 Å². The fraction of sp³-hybridized carbons (Fsp3) is 0.333. The molecule has 2 saturated heterocycles. The van der Waals surface area contributed by atoms with E-state index in [4.69, 9.17) is 9.47 Å². The molecule has 1 amide bonds. The first-order chi connectivity index (χ1) is 18.5. The maximum Gasteiger partial charge on any atom is 0.425 e. The van der Waals surface area contributed by atoms with Gasteiger partial charge >= 0.3 is 22.3 Å². The number of benzene rings is 3. The van der Waals surface area contributed by atoms with E-state index in [2.05, 4.69) is 0 Å². The molecule has 9 heteroatoms. The molecule has 5 rings (SSSR count). The maximum atomic E-state index is 14.0. The summed E-state index contributed by atoms with van der Waals surface area (Å²) in [6.45, 7) is 5.05.